The molecular formula is C14H12BrClN6O. The van der Waals surface area contributed by atoms with E-state index < -0.39 is 5.91 Å². The molecule has 0 aliphatic carbocycles. The predicted octanol–water partition coefficient (Wildman–Crippen LogP) is 2.83. The molecule has 0 aliphatic rings. The van der Waals surface area contributed by atoms with E-state index >= 15 is 0 Å². The fourth-order valence-electron chi connectivity index (χ4n) is 2.32. The molecule has 0 aromatic carbocycles. The third kappa shape index (κ3) is 2.47. The van der Waals surface area contributed by atoms with E-state index in [2.05, 4.69) is 36.0 Å². The molecule has 3 aromatic heterocycles. The molecule has 0 saturated heterocycles. The molecule has 118 valence electrons. The first kappa shape index (κ1) is 15.8. The van der Waals surface area contributed by atoms with Gasteiger partial charge in [-0.2, -0.15) is 14.8 Å². The van der Waals surface area contributed by atoms with Gasteiger partial charge in [0.25, 0.3) is 5.91 Å². The standard InChI is InChI=1S/C14H12BrClN6O/c1-5-4-18-10(6(2)9(5)15)13(23)22-12-8(7(3)21-22)11(16)19-14(17)20-12/h4H,1-3H3,(H2,17,19,20). The average Bonchev–Trinajstić information content (AvgIpc) is 2.81. The Hall–Kier alpha value is -2.06. The molecule has 0 spiro atoms. The number of anilines is 1. The van der Waals surface area contributed by atoms with Crippen molar-refractivity contribution in [2.45, 2.75) is 20.8 Å². The Balaban J connectivity index is 2.25. The van der Waals surface area contributed by atoms with Crippen molar-refractivity contribution in [3.8, 4) is 0 Å². The van der Waals surface area contributed by atoms with Crippen molar-refractivity contribution in [3.63, 3.8) is 0 Å². The minimum Gasteiger partial charge on any atom is -0.368 e. The van der Waals surface area contributed by atoms with Crippen molar-refractivity contribution in [2.75, 3.05) is 5.73 Å². The molecule has 0 atom stereocenters. The number of pyridine rings is 1. The van der Waals surface area contributed by atoms with E-state index in [1.54, 1.807) is 13.1 Å². The maximum Gasteiger partial charge on any atom is 0.299 e. The van der Waals surface area contributed by atoms with Crippen molar-refractivity contribution in [2.24, 2.45) is 0 Å². The average molecular weight is 396 g/mol. The van der Waals surface area contributed by atoms with E-state index in [9.17, 15) is 4.79 Å². The van der Waals surface area contributed by atoms with Gasteiger partial charge in [-0.1, -0.05) is 27.5 Å². The molecule has 3 aromatic rings. The third-order valence-corrected chi connectivity index (χ3v) is 4.98. The summed E-state index contributed by atoms with van der Waals surface area (Å²) in [6.45, 7) is 5.44. The Bertz CT molecular complexity index is 968. The zero-order valence-corrected chi connectivity index (χ0v) is 14.9. The van der Waals surface area contributed by atoms with Crippen molar-refractivity contribution < 1.29 is 4.79 Å². The number of aromatic nitrogens is 5. The van der Waals surface area contributed by atoms with Crippen LogP contribution in [0.25, 0.3) is 11.0 Å². The van der Waals surface area contributed by atoms with Gasteiger partial charge < -0.3 is 5.73 Å². The topological polar surface area (TPSA) is 99.6 Å². The molecule has 2 N–H and O–H groups in total. The molecule has 3 heterocycles. The second-order valence-electron chi connectivity index (χ2n) is 5.10. The van der Waals surface area contributed by atoms with Gasteiger partial charge >= 0.3 is 0 Å². The highest BCUT2D eigenvalue weighted by molar-refractivity contribution is 9.10. The number of nitrogen functional groups attached to an aromatic ring is 1. The number of aryl methyl sites for hydroxylation is 2. The summed E-state index contributed by atoms with van der Waals surface area (Å²) in [4.78, 5) is 25.1. The molecule has 0 unspecified atom stereocenters. The van der Waals surface area contributed by atoms with Gasteiger partial charge in [-0.25, -0.2) is 4.98 Å². The normalized spacial score (nSPS) is 11.2. The maximum atomic E-state index is 12.9. The Morgan fingerprint density at radius 2 is 2.00 bits per heavy atom. The van der Waals surface area contributed by atoms with Crippen LogP contribution in [0.4, 0.5) is 5.95 Å². The monoisotopic (exact) mass is 394 g/mol. The first-order valence-electron chi connectivity index (χ1n) is 6.66. The van der Waals surface area contributed by atoms with Crippen LogP contribution in [0, 0.1) is 20.8 Å². The molecule has 0 bridgehead atoms. The highest BCUT2D eigenvalue weighted by Crippen LogP contribution is 2.27. The van der Waals surface area contributed by atoms with Crippen LogP contribution in [0.3, 0.4) is 0 Å². The third-order valence-electron chi connectivity index (χ3n) is 3.49. The van der Waals surface area contributed by atoms with Gasteiger partial charge in [0, 0.05) is 10.7 Å². The highest BCUT2D eigenvalue weighted by Gasteiger charge is 2.23. The number of halogens is 2. The summed E-state index contributed by atoms with van der Waals surface area (Å²) < 4.78 is 1.99. The quantitative estimate of drug-likeness (QED) is 0.636. The fourth-order valence-corrected chi connectivity index (χ4v) is 2.92. The Morgan fingerprint density at radius 3 is 2.70 bits per heavy atom. The highest BCUT2D eigenvalue weighted by atomic mass is 79.9. The molecule has 3 rings (SSSR count). The second kappa shape index (κ2) is 5.54. The number of fused-ring (bicyclic) bond motifs is 1. The number of nitrogens with two attached hydrogens (primary N) is 1. The number of rotatable bonds is 1. The predicted molar refractivity (Wildman–Crippen MR) is 90.6 cm³/mol. The lowest BCUT2D eigenvalue weighted by Gasteiger charge is -2.08. The van der Waals surface area contributed by atoms with Crippen LogP contribution in [0.2, 0.25) is 5.15 Å². The van der Waals surface area contributed by atoms with Crippen molar-refractivity contribution in [1.29, 1.82) is 0 Å². The maximum absolute atomic E-state index is 12.9. The number of hydrogen-bond acceptors (Lipinski definition) is 6. The summed E-state index contributed by atoms with van der Waals surface area (Å²) in [5.74, 6) is -0.429. The van der Waals surface area contributed by atoms with E-state index in [1.807, 2.05) is 13.8 Å². The van der Waals surface area contributed by atoms with Gasteiger partial charge in [0.2, 0.25) is 5.95 Å². The lowest BCUT2D eigenvalue weighted by molar-refractivity contribution is 0.0943. The summed E-state index contributed by atoms with van der Waals surface area (Å²) in [5.41, 5.74) is 8.39. The molecule has 0 saturated carbocycles. The molecule has 0 fully saturated rings. The summed E-state index contributed by atoms with van der Waals surface area (Å²) >= 11 is 9.55. The van der Waals surface area contributed by atoms with E-state index in [1.165, 1.54) is 0 Å². The van der Waals surface area contributed by atoms with Gasteiger partial charge in [0.15, 0.2) is 5.65 Å². The molecular weight excluding hydrogens is 384 g/mol. The van der Waals surface area contributed by atoms with Crippen LogP contribution in [0.5, 0.6) is 0 Å². The minimum atomic E-state index is -0.407. The number of carbonyl (C=O) groups excluding carboxylic acids is 1. The second-order valence-corrected chi connectivity index (χ2v) is 6.25. The molecule has 0 radical (unpaired) electrons. The van der Waals surface area contributed by atoms with Crippen molar-refractivity contribution in [1.82, 2.24) is 24.7 Å². The summed E-state index contributed by atoms with van der Waals surface area (Å²) in [5, 5.41) is 4.89. The Labute approximate surface area is 145 Å². The largest absolute Gasteiger partial charge is 0.368 e. The van der Waals surface area contributed by atoms with Crippen molar-refractivity contribution in [3.05, 3.63) is 38.3 Å². The van der Waals surface area contributed by atoms with Gasteiger partial charge in [0.05, 0.1) is 11.1 Å². The number of carbonyl (C=O) groups is 1. The molecule has 0 aliphatic heterocycles. The van der Waals surface area contributed by atoms with E-state index in [-0.39, 0.29) is 22.4 Å². The van der Waals surface area contributed by atoms with Crippen LogP contribution in [-0.4, -0.2) is 30.6 Å². The minimum absolute atomic E-state index is 0.0220. The first-order chi connectivity index (χ1) is 10.8. The molecule has 9 heteroatoms. The molecule has 23 heavy (non-hydrogen) atoms. The lowest BCUT2D eigenvalue weighted by Crippen LogP contribution is -2.18. The van der Waals surface area contributed by atoms with Gasteiger partial charge in [-0.15, -0.1) is 0 Å². The summed E-state index contributed by atoms with van der Waals surface area (Å²) in [7, 11) is 0. The Kier molecular flexibility index (Phi) is 3.81. The SMILES string of the molecule is Cc1cnc(C(=O)n2nc(C)c3c(Cl)nc(N)nc32)c(C)c1Br. The zero-order chi connectivity index (χ0) is 16.9. The van der Waals surface area contributed by atoms with Crippen molar-refractivity contribution >= 4 is 50.4 Å². The fraction of sp³-hybridized carbons (Fsp3) is 0.214. The number of hydrogen-bond donors (Lipinski definition) is 1. The van der Waals surface area contributed by atoms with Crippen LogP contribution in [0.15, 0.2) is 10.7 Å². The summed E-state index contributed by atoms with van der Waals surface area (Å²) in [6.07, 6.45) is 1.62. The zero-order valence-electron chi connectivity index (χ0n) is 12.6. The van der Waals surface area contributed by atoms with Gasteiger partial charge in [-0.3, -0.25) is 9.78 Å². The van der Waals surface area contributed by atoms with E-state index in [4.69, 9.17) is 17.3 Å². The first-order valence-corrected chi connectivity index (χ1v) is 7.83. The Morgan fingerprint density at radius 1 is 1.30 bits per heavy atom. The number of nitrogens with zero attached hydrogens (tertiary/aromatic N) is 5. The summed E-state index contributed by atoms with van der Waals surface area (Å²) in [6, 6.07) is 0. The van der Waals surface area contributed by atoms with Gasteiger partial charge in [0.1, 0.15) is 10.8 Å². The lowest BCUT2D eigenvalue weighted by atomic mass is 10.1. The van der Waals surface area contributed by atoms with E-state index in [0.717, 1.165) is 20.3 Å². The molecule has 0 amide bonds. The molecule has 7 nitrogen and oxygen atoms in total. The van der Waals surface area contributed by atoms with Crippen LogP contribution >= 0.6 is 27.5 Å². The van der Waals surface area contributed by atoms with Crippen LogP contribution < -0.4 is 5.73 Å². The van der Waals surface area contributed by atoms with Gasteiger partial charge in [-0.05, 0) is 31.9 Å². The van der Waals surface area contributed by atoms with Crippen LogP contribution in [-0.2, 0) is 0 Å². The van der Waals surface area contributed by atoms with Crippen LogP contribution in [0.1, 0.15) is 27.3 Å². The van der Waals surface area contributed by atoms with E-state index in [0.29, 0.717) is 11.1 Å². The smallest absolute Gasteiger partial charge is 0.299 e.